The lowest BCUT2D eigenvalue weighted by molar-refractivity contribution is 0.404. The van der Waals surface area contributed by atoms with Crippen LogP contribution in [-0.2, 0) is 10.0 Å². The lowest BCUT2D eigenvalue weighted by Gasteiger charge is -2.13. The van der Waals surface area contributed by atoms with Crippen molar-refractivity contribution in [3.63, 3.8) is 0 Å². The summed E-state index contributed by atoms with van der Waals surface area (Å²) in [6, 6.07) is 16.3. The van der Waals surface area contributed by atoms with E-state index in [1.807, 2.05) is 0 Å². The molecular weight excluding hydrogens is 356 g/mol. The van der Waals surface area contributed by atoms with Gasteiger partial charge in [0.05, 0.1) is 5.69 Å². The summed E-state index contributed by atoms with van der Waals surface area (Å²) in [4.78, 5) is -0.0793. The number of hydrogen-bond acceptors (Lipinski definition) is 6. The Morgan fingerprint density at radius 1 is 0.885 bits per heavy atom. The number of anilines is 2. The fraction of sp³-hybridized carbons (Fsp3) is 0. The van der Waals surface area contributed by atoms with Crippen LogP contribution in [0.2, 0.25) is 0 Å². The van der Waals surface area contributed by atoms with Gasteiger partial charge in [0.1, 0.15) is 16.4 Å². The maximum Gasteiger partial charge on any atom is 0.265 e. The molecule has 0 amide bonds. The number of benzene rings is 3. The molecule has 5 N–H and O–H groups in total. The van der Waals surface area contributed by atoms with Crippen molar-refractivity contribution in [2.75, 3.05) is 10.5 Å². The number of aromatic hydroxyl groups is 2. The van der Waals surface area contributed by atoms with Gasteiger partial charge in [-0.15, -0.1) is 0 Å². The Morgan fingerprint density at radius 2 is 1.58 bits per heavy atom. The van der Waals surface area contributed by atoms with Gasteiger partial charge < -0.3 is 20.7 Å². The van der Waals surface area contributed by atoms with Crippen LogP contribution in [0, 0.1) is 0 Å². The SMILES string of the molecule is Nc1ccc(Oc2ccccc2S(=O)(=O)Nc2ccc(O)c(O)c2)cc1. The highest BCUT2D eigenvalue weighted by Crippen LogP contribution is 2.32. The Morgan fingerprint density at radius 3 is 2.27 bits per heavy atom. The van der Waals surface area contributed by atoms with Crippen molar-refractivity contribution in [3.8, 4) is 23.0 Å². The molecule has 3 rings (SSSR count). The first kappa shape index (κ1) is 17.4. The predicted molar refractivity (Wildman–Crippen MR) is 98.0 cm³/mol. The number of hydrogen-bond donors (Lipinski definition) is 4. The number of phenolic OH excluding ortho intramolecular Hbond substituents is 2. The van der Waals surface area contributed by atoms with Gasteiger partial charge in [0.15, 0.2) is 11.5 Å². The minimum atomic E-state index is -3.99. The molecule has 0 fully saturated rings. The number of phenols is 2. The minimum Gasteiger partial charge on any atom is -0.504 e. The Kier molecular flexibility index (Phi) is 4.59. The number of ether oxygens (including phenoxy) is 1. The fourth-order valence-corrected chi connectivity index (χ4v) is 3.40. The van der Waals surface area contributed by atoms with Crippen molar-refractivity contribution < 1.29 is 23.4 Å². The van der Waals surface area contributed by atoms with Crippen LogP contribution in [0.15, 0.2) is 71.6 Å². The van der Waals surface area contributed by atoms with Crippen molar-refractivity contribution in [1.82, 2.24) is 0 Å². The van der Waals surface area contributed by atoms with Gasteiger partial charge in [0.25, 0.3) is 10.0 Å². The molecule has 0 heterocycles. The van der Waals surface area contributed by atoms with Crippen LogP contribution < -0.4 is 15.2 Å². The molecule has 0 saturated carbocycles. The van der Waals surface area contributed by atoms with Gasteiger partial charge in [-0.05, 0) is 48.5 Å². The first-order valence-electron chi connectivity index (χ1n) is 7.52. The molecule has 26 heavy (non-hydrogen) atoms. The van der Waals surface area contributed by atoms with Crippen LogP contribution in [0.5, 0.6) is 23.0 Å². The average Bonchev–Trinajstić information content (AvgIpc) is 2.60. The van der Waals surface area contributed by atoms with Crippen LogP contribution in [0.1, 0.15) is 0 Å². The second-order valence-corrected chi connectivity index (χ2v) is 7.08. The summed E-state index contributed by atoms with van der Waals surface area (Å²) in [7, 11) is -3.99. The fourth-order valence-electron chi connectivity index (χ4n) is 2.22. The number of nitrogens with two attached hydrogens (primary N) is 1. The minimum absolute atomic E-state index is 0.0793. The molecule has 0 atom stereocenters. The molecule has 0 unspecified atom stereocenters. The molecule has 0 saturated heterocycles. The van der Waals surface area contributed by atoms with Crippen molar-refractivity contribution in [1.29, 1.82) is 0 Å². The molecule has 3 aromatic carbocycles. The highest BCUT2D eigenvalue weighted by molar-refractivity contribution is 7.92. The van der Waals surface area contributed by atoms with Gasteiger partial charge in [-0.25, -0.2) is 8.42 Å². The van der Waals surface area contributed by atoms with Gasteiger partial charge in [0, 0.05) is 11.8 Å². The number of nitrogens with one attached hydrogen (secondary N) is 1. The summed E-state index contributed by atoms with van der Waals surface area (Å²) in [5.41, 5.74) is 6.29. The van der Waals surface area contributed by atoms with Gasteiger partial charge >= 0.3 is 0 Å². The Bertz CT molecular complexity index is 1030. The zero-order valence-electron chi connectivity index (χ0n) is 13.5. The summed E-state index contributed by atoms with van der Waals surface area (Å²) in [6.45, 7) is 0. The first-order valence-corrected chi connectivity index (χ1v) is 9.01. The van der Waals surface area contributed by atoms with Crippen LogP contribution >= 0.6 is 0 Å². The largest absolute Gasteiger partial charge is 0.504 e. The van der Waals surface area contributed by atoms with Gasteiger partial charge in [-0.3, -0.25) is 4.72 Å². The number of rotatable bonds is 5. The van der Waals surface area contributed by atoms with Crippen molar-refractivity contribution in [2.24, 2.45) is 0 Å². The third-order valence-corrected chi connectivity index (χ3v) is 4.89. The van der Waals surface area contributed by atoms with Crippen LogP contribution in [0.4, 0.5) is 11.4 Å². The van der Waals surface area contributed by atoms with E-state index in [0.717, 1.165) is 6.07 Å². The van der Waals surface area contributed by atoms with E-state index in [9.17, 15) is 18.6 Å². The van der Waals surface area contributed by atoms with Crippen LogP contribution in [0.25, 0.3) is 0 Å². The molecule has 0 aliphatic rings. The molecule has 0 aliphatic carbocycles. The highest BCUT2D eigenvalue weighted by Gasteiger charge is 2.20. The number of para-hydroxylation sites is 1. The zero-order chi connectivity index (χ0) is 18.7. The molecule has 0 bridgehead atoms. The van der Waals surface area contributed by atoms with E-state index in [-0.39, 0.29) is 22.1 Å². The lowest BCUT2D eigenvalue weighted by atomic mass is 10.3. The van der Waals surface area contributed by atoms with E-state index in [4.69, 9.17) is 10.5 Å². The Labute approximate surface area is 150 Å². The summed E-state index contributed by atoms with van der Waals surface area (Å²) >= 11 is 0. The Hall–Kier alpha value is -3.39. The maximum absolute atomic E-state index is 12.7. The third kappa shape index (κ3) is 3.81. The predicted octanol–water partition coefficient (Wildman–Crippen LogP) is 3.27. The van der Waals surface area contributed by atoms with E-state index in [0.29, 0.717) is 11.4 Å². The monoisotopic (exact) mass is 372 g/mol. The molecule has 0 radical (unpaired) electrons. The zero-order valence-corrected chi connectivity index (χ0v) is 14.3. The van der Waals surface area contributed by atoms with Crippen molar-refractivity contribution in [2.45, 2.75) is 4.90 Å². The highest BCUT2D eigenvalue weighted by atomic mass is 32.2. The van der Waals surface area contributed by atoms with Crippen molar-refractivity contribution >= 4 is 21.4 Å². The molecule has 3 aromatic rings. The molecule has 0 spiro atoms. The number of sulfonamides is 1. The van der Waals surface area contributed by atoms with Crippen LogP contribution in [0.3, 0.4) is 0 Å². The first-order chi connectivity index (χ1) is 12.3. The topological polar surface area (TPSA) is 122 Å². The smallest absolute Gasteiger partial charge is 0.265 e. The molecule has 7 nitrogen and oxygen atoms in total. The van der Waals surface area contributed by atoms with Gasteiger partial charge in [0.2, 0.25) is 0 Å². The summed E-state index contributed by atoms with van der Waals surface area (Å²) < 4.78 is 33.4. The van der Waals surface area contributed by atoms with Gasteiger partial charge in [-0.1, -0.05) is 12.1 Å². The summed E-state index contributed by atoms with van der Waals surface area (Å²) in [5.74, 6) is -0.214. The van der Waals surface area contributed by atoms with Crippen molar-refractivity contribution in [3.05, 3.63) is 66.7 Å². The van der Waals surface area contributed by atoms with Gasteiger partial charge in [-0.2, -0.15) is 0 Å². The quantitative estimate of drug-likeness (QED) is 0.310. The molecule has 134 valence electrons. The molecular formula is C18H16N2O5S. The summed E-state index contributed by atoms with van der Waals surface area (Å²) in [6.07, 6.45) is 0. The molecule has 0 aromatic heterocycles. The normalized spacial score (nSPS) is 11.1. The third-order valence-electron chi connectivity index (χ3n) is 3.47. The standard InChI is InChI=1S/C18H16N2O5S/c19-12-5-8-14(9-6-12)25-17-3-1-2-4-18(17)26(23,24)20-13-7-10-15(21)16(22)11-13/h1-11,20-22H,19H2. The molecule has 8 heteroatoms. The second-order valence-electron chi connectivity index (χ2n) is 5.43. The van der Waals surface area contributed by atoms with Crippen LogP contribution in [-0.4, -0.2) is 18.6 Å². The molecule has 0 aliphatic heterocycles. The van der Waals surface area contributed by atoms with E-state index < -0.39 is 15.8 Å². The van der Waals surface area contributed by atoms with E-state index in [1.54, 1.807) is 36.4 Å². The number of nitrogen functional groups attached to an aromatic ring is 1. The maximum atomic E-state index is 12.7. The van der Waals surface area contributed by atoms with E-state index >= 15 is 0 Å². The Balaban J connectivity index is 1.92. The average molecular weight is 372 g/mol. The summed E-state index contributed by atoms with van der Waals surface area (Å²) in [5, 5.41) is 18.9. The lowest BCUT2D eigenvalue weighted by Crippen LogP contribution is -2.13. The van der Waals surface area contributed by atoms with E-state index in [1.165, 1.54) is 24.3 Å². The van der Waals surface area contributed by atoms with E-state index in [2.05, 4.69) is 4.72 Å². The second kappa shape index (κ2) is 6.85.